The van der Waals surface area contributed by atoms with Crippen LogP contribution in [-0.2, 0) is 4.79 Å². The quantitative estimate of drug-likeness (QED) is 0.798. The number of aryl methyl sites for hydroxylation is 1. The second kappa shape index (κ2) is 6.12. The number of likely N-dealkylation sites (N-methyl/N-ethyl adjacent to an activating group) is 1. The molecule has 126 valence electrons. The summed E-state index contributed by atoms with van der Waals surface area (Å²) >= 11 is 0. The van der Waals surface area contributed by atoms with Gasteiger partial charge >= 0.3 is 0 Å². The van der Waals surface area contributed by atoms with Crippen molar-refractivity contribution in [2.75, 3.05) is 12.4 Å². The smallest absolute Gasteiger partial charge is 0.225 e. The monoisotopic (exact) mass is 333 g/mol. The molecule has 1 amide bonds. The van der Waals surface area contributed by atoms with Crippen molar-refractivity contribution in [3.8, 4) is 0 Å². The van der Waals surface area contributed by atoms with Crippen LogP contribution in [-0.4, -0.2) is 38.8 Å². The molecule has 1 N–H and O–H groups in total. The summed E-state index contributed by atoms with van der Waals surface area (Å²) in [7, 11) is 1.84. The fourth-order valence-electron chi connectivity index (χ4n) is 3.57. The number of carbonyl (C=O) groups excluding carboxylic acids is 1. The number of pyridine rings is 1. The van der Waals surface area contributed by atoms with Crippen LogP contribution in [0.15, 0.2) is 49.1 Å². The molecule has 1 saturated heterocycles. The van der Waals surface area contributed by atoms with Crippen molar-refractivity contribution in [3.63, 3.8) is 0 Å². The Kier molecular flexibility index (Phi) is 3.80. The van der Waals surface area contributed by atoms with Crippen LogP contribution in [0.2, 0.25) is 0 Å². The molecule has 1 aliphatic heterocycles. The Morgan fingerprint density at radius 3 is 2.88 bits per heavy atom. The first-order chi connectivity index (χ1) is 12.1. The summed E-state index contributed by atoms with van der Waals surface area (Å²) in [6.45, 7) is 2.04. The largest absolute Gasteiger partial charge is 0.364 e. The van der Waals surface area contributed by atoms with Crippen LogP contribution in [0.5, 0.6) is 0 Å². The van der Waals surface area contributed by atoms with Crippen molar-refractivity contribution < 1.29 is 4.79 Å². The number of likely N-dealkylation sites (tertiary alicyclic amines) is 1. The number of nitrogens with zero attached hydrogens (tertiary/aromatic N) is 4. The van der Waals surface area contributed by atoms with E-state index in [2.05, 4.69) is 20.3 Å². The molecule has 0 saturated carbocycles. The molecule has 0 bridgehead atoms. The van der Waals surface area contributed by atoms with E-state index in [4.69, 9.17) is 0 Å². The lowest BCUT2D eigenvalue weighted by Gasteiger charge is -2.26. The zero-order chi connectivity index (χ0) is 17.4. The molecule has 1 aromatic carbocycles. The molecule has 0 spiro atoms. The second-order valence-corrected chi connectivity index (χ2v) is 6.38. The minimum Gasteiger partial charge on any atom is -0.364 e. The normalized spacial score (nSPS) is 20.2. The average molecular weight is 333 g/mol. The van der Waals surface area contributed by atoms with Crippen molar-refractivity contribution >= 4 is 22.6 Å². The van der Waals surface area contributed by atoms with Crippen LogP contribution in [0.4, 0.5) is 5.82 Å². The van der Waals surface area contributed by atoms with Gasteiger partial charge in [0.2, 0.25) is 5.91 Å². The van der Waals surface area contributed by atoms with Crippen LogP contribution in [0, 0.1) is 6.92 Å². The number of aromatic nitrogens is 3. The van der Waals surface area contributed by atoms with Crippen molar-refractivity contribution in [1.29, 1.82) is 0 Å². The number of fused-ring (bicyclic) bond motifs is 1. The zero-order valence-corrected chi connectivity index (χ0v) is 14.2. The van der Waals surface area contributed by atoms with Crippen LogP contribution in [0.25, 0.3) is 10.9 Å². The Morgan fingerprint density at radius 2 is 2.08 bits per heavy atom. The van der Waals surface area contributed by atoms with Gasteiger partial charge in [0.05, 0.1) is 17.6 Å². The Hall–Kier alpha value is -3.02. The highest BCUT2D eigenvalue weighted by Crippen LogP contribution is 2.34. The van der Waals surface area contributed by atoms with Crippen molar-refractivity contribution in [1.82, 2.24) is 19.9 Å². The van der Waals surface area contributed by atoms with Gasteiger partial charge in [-0.05, 0) is 30.2 Å². The SMILES string of the molecule is Cc1cccc2ncnc(N[C@@H]3CC(=O)N(C)[C@H]3c3cccnc3)c12. The van der Waals surface area contributed by atoms with E-state index in [0.29, 0.717) is 6.42 Å². The molecule has 0 radical (unpaired) electrons. The van der Waals surface area contributed by atoms with E-state index in [-0.39, 0.29) is 18.0 Å². The molecule has 1 aliphatic rings. The fourth-order valence-corrected chi connectivity index (χ4v) is 3.57. The van der Waals surface area contributed by atoms with E-state index in [1.165, 1.54) is 0 Å². The molecule has 0 aliphatic carbocycles. The van der Waals surface area contributed by atoms with E-state index in [1.807, 2.05) is 50.5 Å². The van der Waals surface area contributed by atoms with E-state index in [1.54, 1.807) is 17.4 Å². The van der Waals surface area contributed by atoms with Gasteiger partial charge in [-0.15, -0.1) is 0 Å². The maximum atomic E-state index is 12.3. The Bertz CT molecular complexity index is 922. The molecular weight excluding hydrogens is 314 g/mol. The molecule has 2 aromatic heterocycles. The van der Waals surface area contributed by atoms with Gasteiger partial charge in [0, 0.05) is 31.2 Å². The molecule has 0 unspecified atom stereocenters. The van der Waals surface area contributed by atoms with Crippen LogP contribution in [0.3, 0.4) is 0 Å². The van der Waals surface area contributed by atoms with Crippen LogP contribution >= 0.6 is 0 Å². The van der Waals surface area contributed by atoms with Crippen molar-refractivity contribution in [2.24, 2.45) is 0 Å². The highest BCUT2D eigenvalue weighted by molar-refractivity contribution is 5.92. The standard InChI is InChI=1S/C19H19N5O/c1-12-5-3-7-14-17(12)19(22-11-21-14)23-15-9-16(25)24(2)18(15)13-6-4-8-20-10-13/h3-8,10-11,15,18H,9H2,1-2H3,(H,21,22,23)/t15-,18+/m1/s1. The summed E-state index contributed by atoms with van der Waals surface area (Å²) in [4.78, 5) is 27.1. The highest BCUT2D eigenvalue weighted by Gasteiger charge is 2.39. The maximum absolute atomic E-state index is 12.3. The van der Waals surface area contributed by atoms with E-state index >= 15 is 0 Å². The van der Waals surface area contributed by atoms with E-state index in [9.17, 15) is 4.79 Å². The summed E-state index contributed by atoms with van der Waals surface area (Å²) < 4.78 is 0. The minimum atomic E-state index is -0.0739. The van der Waals surface area contributed by atoms with Crippen molar-refractivity contribution in [2.45, 2.75) is 25.4 Å². The molecule has 6 nitrogen and oxygen atoms in total. The van der Waals surface area contributed by atoms with Gasteiger partial charge in [0.25, 0.3) is 0 Å². The van der Waals surface area contributed by atoms with Crippen LogP contribution in [0.1, 0.15) is 23.6 Å². The van der Waals surface area contributed by atoms with Gasteiger partial charge in [-0.3, -0.25) is 9.78 Å². The third-order valence-electron chi connectivity index (χ3n) is 4.81. The minimum absolute atomic E-state index is 0.0700. The molecule has 4 rings (SSSR count). The lowest BCUT2D eigenvalue weighted by atomic mass is 10.0. The first-order valence-electron chi connectivity index (χ1n) is 8.27. The number of benzene rings is 1. The van der Waals surface area contributed by atoms with E-state index < -0.39 is 0 Å². The molecule has 3 heterocycles. The van der Waals surface area contributed by atoms with Gasteiger partial charge in [-0.25, -0.2) is 9.97 Å². The molecule has 1 fully saturated rings. The summed E-state index contributed by atoms with van der Waals surface area (Å²) in [6.07, 6.45) is 5.54. The summed E-state index contributed by atoms with van der Waals surface area (Å²) in [5, 5.41) is 4.49. The lowest BCUT2D eigenvalue weighted by molar-refractivity contribution is -0.127. The number of hydrogen-bond donors (Lipinski definition) is 1. The van der Waals surface area contributed by atoms with Gasteiger partial charge in [0.15, 0.2) is 0 Å². The second-order valence-electron chi connectivity index (χ2n) is 6.38. The zero-order valence-electron chi connectivity index (χ0n) is 14.2. The molecule has 25 heavy (non-hydrogen) atoms. The predicted octanol–water partition coefficient (Wildman–Crippen LogP) is 2.72. The Balaban J connectivity index is 1.74. The first kappa shape index (κ1) is 15.5. The number of carbonyl (C=O) groups is 1. The van der Waals surface area contributed by atoms with Gasteiger partial charge < -0.3 is 10.2 Å². The van der Waals surface area contributed by atoms with Gasteiger partial charge in [0.1, 0.15) is 12.1 Å². The average Bonchev–Trinajstić information content (AvgIpc) is 2.90. The maximum Gasteiger partial charge on any atom is 0.225 e. The molecule has 3 aromatic rings. The van der Waals surface area contributed by atoms with Gasteiger partial charge in [-0.1, -0.05) is 18.2 Å². The molecule has 2 atom stereocenters. The highest BCUT2D eigenvalue weighted by atomic mass is 16.2. The predicted molar refractivity (Wildman–Crippen MR) is 96.1 cm³/mol. The van der Waals surface area contributed by atoms with E-state index in [0.717, 1.165) is 27.8 Å². The third-order valence-corrected chi connectivity index (χ3v) is 4.81. The number of nitrogens with one attached hydrogen (secondary N) is 1. The molecule has 6 heteroatoms. The fraction of sp³-hybridized carbons (Fsp3) is 0.263. The number of anilines is 1. The number of hydrogen-bond acceptors (Lipinski definition) is 5. The Morgan fingerprint density at radius 1 is 1.20 bits per heavy atom. The first-order valence-corrected chi connectivity index (χ1v) is 8.27. The molecular formula is C19H19N5O. The summed E-state index contributed by atoms with van der Waals surface area (Å²) in [6, 6.07) is 9.76. The topological polar surface area (TPSA) is 71.0 Å². The van der Waals surface area contributed by atoms with Crippen LogP contribution < -0.4 is 5.32 Å². The summed E-state index contributed by atoms with van der Waals surface area (Å²) in [5.74, 6) is 0.881. The van der Waals surface area contributed by atoms with Crippen molar-refractivity contribution in [3.05, 3.63) is 60.2 Å². The Labute approximate surface area is 145 Å². The third kappa shape index (κ3) is 2.69. The number of amides is 1. The summed E-state index contributed by atoms with van der Waals surface area (Å²) in [5.41, 5.74) is 3.02. The van der Waals surface area contributed by atoms with Gasteiger partial charge in [-0.2, -0.15) is 0 Å². The lowest BCUT2D eigenvalue weighted by Crippen LogP contribution is -2.30. The number of rotatable bonds is 3.